The molecule has 11 nitrogen and oxygen atoms in total. The summed E-state index contributed by atoms with van der Waals surface area (Å²) in [5.74, 6) is -5.87. The molecule has 0 bridgehead atoms. The van der Waals surface area contributed by atoms with Gasteiger partial charge in [-0.05, 0) is 34.4 Å². The molecule has 0 heterocycles. The molecule has 3 aromatic carbocycles. The van der Waals surface area contributed by atoms with Crippen molar-refractivity contribution in [2.75, 3.05) is 13.1 Å². The minimum atomic E-state index is -5.39. The Morgan fingerprint density at radius 2 is 1.38 bits per heavy atom. The highest BCUT2D eigenvalue weighted by atomic mass is 19.4. The van der Waals surface area contributed by atoms with E-state index in [9.17, 15) is 41.5 Å². The number of carbonyl (C=O) groups excluding carboxylic acids is 5. The van der Waals surface area contributed by atoms with Gasteiger partial charge < -0.3 is 21.3 Å². The molecule has 4 amide bonds. The van der Waals surface area contributed by atoms with Gasteiger partial charge in [0.25, 0.3) is 0 Å². The lowest BCUT2D eigenvalue weighted by Crippen LogP contribution is -2.41. The van der Waals surface area contributed by atoms with Gasteiger partial charge in [0.15, 0.2) is 0 Å². The summed E-state index contributed by atoms with van der Waals surface area (Å²) in [5, 5.41) is 9.84. The molecular formula is C30H28F4N4O7. The third kappa shape index (κ3) is 12.0. The van der Waals surface area contributed by atoms with E-state index in [2.05, 4.69) is 31.0 Å². The quantitative estimate of drug-likeness (QED) is 0.135. The van der Waals surface area contributed by atoms with Crippen LogP contribution in [0.1, 0.15) is 30.0 Å². The highest BCUT2D eigenvalue weighted by Crippen LogP contribution is 2.24. The molecule has 3 aromatic rings. The van der Waals surface area contributed by atoms with Crippen molar-refractivity contribution in [3.05, 3.63) is 95.8 Å². The Kier molecular flexibility index (Phi) is 12.4. The number of urea groups is 1. The molecule has 0 aliphatic rings. The van der Waals surface area contributed by atoms with Crippen molar-refractivity contribution >= 4 is 29.8 Å². The van der Waals surface area contributed by atoms with Crippen molar-refractivity contribution in [1.82, 2.24) is 21.3 Å². The summed E-state index contributed by atoms with van der Waals surface area (Å²) < 4.78 is 50.0. The van der Waals surface area contributed by atoms with Crippen LogP contribution >= 0.6 is 0 Å². The zero-order valence-corrected chi connectivity index (χ0v) is 23.5. The molecule has 0 aliphatic carbocycles. The number of amides is 4. The van der Waals surface area contributed by atoms with Crippen molar-refractivity contribution in [3.8, 4) is 11.1 Å². The van der Waals surface area contributed by atoms with Crippen molar-refractivity contribution in [2.45, 2.75) is 31.6 Å². The number of benzene rings is 3. The highest BCUT2D eigenvalue weighted by Gasteiger charge is 2.43. The Hall–Kier alpha value is -5.47. The van der Waals surface area contributed by atoms with Crippen LogP contribution in [0.4, 0.5) is 22.4 Å². The fourth-order valence-corrected chi connectivity index (χ4v) is 3.77. The van der Waals surface area contributed by atoms with Gasteiger partial charge in [0.05, 0.1) is 19.0 Å². The zero-order chi connectivity index (χ0) is 32.8. The molecule has 238 valence electrons. The molecule has 45 heavy (non-hydrogen) atoms. The fraction of sp³-hybridized carbons (Fsp3) is 0.233. The van der Waals surface area contributed by atoms with E-state index in [-0.39, 0.29) is 19.5 Å². The van der Waals surface area contributed by atoms with E-state index in [4.69, 9.17) is 0 Å². The van der Waals surface area contributed by atoms with Crippen molar-refractivity contribution < 1.29 is 51.3 Å². The van der Waals surface area contributed by atoms with Crippen LogP contribution in [0, 0.1) is 5.82 Å². The average molecular weight is 633 g/mol. The number of alkyl halides is 3. The highest BCUT2D eigenvalue weighted by molar-refractivity contribution is 5.86. The summed E-state index contributed by atoms with van der Waals surface area (Å²) in [4.78, 5) is 67.2. The van der Waals surface area contributed by atoms with Crippen LogP contribution in [0.2, 0.25) is 0 Å². The molecule has 0 aromatic heterocycles. The molecule has 0 radical (unpaired) electrons. The predicted octanol–water partition coefficient (Wildman–Crippen LogP) is 3.61. The summed E-state index contributed by atoms with van der Waals surface area (Å²) in [7, 11) is 0. The third-order valence-electron chi connectivity index (χ3n) is 6.02. The van der Waals surface area contributed by atoms with Crippen LogP contribution in [0.25, 0.3) is 11.1 Å². The Bertz CT molecular complexity index is 1470. The third-order valence-corrected chi connectivity index (χ3v) is 6.02. The first-order valence-electron chi connectivity index (χ1n) is 13.4. The molecule has 0 fully saturated rings. The number of halogens is 4. The van der Waals surface area contributed by atoms with Crippen LogP contribution in [0.3, 0.4) is 0 Å². The Morgan fingerprint density at radius 3 is 2.02 bits per heavy atom. The van der Waals surface area contributed by atoms with Crippen molar-refractivity contribution in [2.24, 2.45) is 0 Å². The summed E-state index contributed by atoms with van der Waals surface area (Å²) in [6.07, 6.45) is -6.28. The first-order chi connectivity index (χ1) is 21.4. The number of rotatable bonds is 12. The second-order valence-corrected chi connectivity index (χ2v) is 9.40. The van der Waals surface area contributed by atoms with Crippen LogP contribution < -0.4 is 21.3 Å². The topological polar surface area (TPSA) is 152 Å². The normalized spacial score (nSPS) is 11.5. The van der Waals surface area contributed by atoms with Gasteiger partial charge in [-0.2, -0.15) is 13.2 Å². The number of hydrogen-bond acceptors (Lipinski definition) is 7. The predicted molar refractivity (Wildman–Crippen MR) is 150 cm³/mol. The second-order valence-electron chi connectivity index (χ2n) is 9.40. The van der Waals surface area contributed by atoms with Gasteiger partial charge in [-0.1, -0.05) is 66.7 Å². The molecule has 3 rings (SSSR count). The van der Waals surface area contributed by atoms with E-state index in [1.165, 1.54) is 24.3 Å². The van der Waals surface area contributed by atoms with Gasteiger partial charge in [-0.25, -0.2) is 28.5 Å². The summed E-state index contributed by atoms with van der Waals surface area (Å²) in [6, 6.07) is 19.6. The standard InChI is InChI=1S/C30H28F4N4O7/c31-23-12-6-19(7-13-23)17-37-29(43)35-15-14-25(39)36-18-26(40)38-24(16-27(41)44-45-28(42)30(32,33)34)22-10-8-21(9-11-22)20-4-2-1-3-5-20/h1-13,24H,14-18H2,(H,36,39)(H,38,40)(H2,35,37,43). The van der Waals surface area contributed by atoms with Crippen LogP contribution in [-0.2, 0) is 35.5 Å². The molecule has 1 unspecified atom stereocenters. The lowest BCUT2D eigenvalue weighted by molar-refractivity contribution is -0.286. The largest absolute Gasteiger partial charge is 0.495 e. The lowest BCUT2D eigenvalue weighted by Gasteiger charge is -2.19. The average Bonchev–Trinajstić information content (AvgIpc) is 3.02. The SMILES string of the molecule is O=C(CCNC(=O)NCc1ccc(F)cc1)NCC(=O)NC(CC(=O)OOC(=O)C(F)(F)F)c1ccc(-c2ccccc2)cc1. The molecular weight excluding hydrogens is 604 g/mol. The number of carbonyl (C=O) groups is 5. The van der Waals surface area contributed by atoms with E-state index < -0.39 is 60.8 Å². The Balaban J connectivity index is 1.50. The Morgan fingerprint density at radius 1 is 0.733 bits per heavy atom. The van der Waals surface area contributed by atoms with E-state index in [0.717, 1.165) is 11.1 Å². The van der Waals surface area contributed by atoms with E-state index >= 15 is 0 Å². The van der Waals surface area contributed by atoms with Gasteiger partial charge in [0.1, 0.15) is 5.82 Å². The van der Waals surface area contributed by atoms with Crippen LogP contribution in [-0.4, -0.2) is 49.0 Å². The molecule has 15 heteroatoms. The molecule has 1 atom stereocenters. The molecule has 0 saturated carbocycles. The van der Waals surface area contributed by atoms with Gasteiger partial charge in [-0.15, -0.1) is 0 Å². The zero-order valence-electron chi connectivity index (χ0n) is 23.5. The lowest BCUT2D eigenvalue weighted by atomic mass is 9.99. The van der Waals surface area contributed by atoms with Crippen LogP contribution in [0.15, 0.2) is 78.9 Å². The molecule has 0 spiro atoms. The minimum Gasteiger partial charge on any atom is -0.347 e. The van der Waals surface area contributed by atoms with E-state index in [0.29, 0.717) is 11.1 Å². The van der Waals surface area contributed by atoms with Crippen molar-refractivity contribution in [1.29, 1.82) is 0 Å². The molecule has 0 saturated heterocycles. The smallest absolute Gasteiger partial charge is 0.347 e. The minimum absolute atomic E-state index is 0.0679. The second kappa shape index (κ2) is 16.4. The van der Waals surface area contributed by atoms with Gasteiger partial charge >= 0.3 is 24.1 Å². The summed E-state index contributed by atoms with van der Waals surface area (Å²) in [6.45, 7) is -0.471. The first-order valence-corrected chi connectivity index (χ1v) is 13.4. The number of hydrogen-bond donors (Lipinski definition) is 4. The molecule has 0 aliphatic heterocycles. The van der Waals surface area contributed by atoms with Gasteiger partial charge in [0.2, 0.25) is 11.8 Å². The van der Waals surface area contributed by atoms with Crippen molar-refractivity contribution in [3.63, 3.8) is 0 Å². The first kappa shape index (κ1) is 34.0. The monoisotopic (exact) mass is 632 g/mol. The van der Waals surface area contributed by atoms with Gasteiger partial charge in [-0.3, -0.25) is 9.59 Å². The van der Waals surface area contributed by atoms with Crippen LogP contribution in [0.5, 0.6) is 0 Å². The Labute approximate surface area is 254 Å². The van der Waals surface area contributed by atoms with Gasteiger partial charge in [0, 0.05) is 19.5 Å². The maximum absolute atomic E-state index is 13.0. The fourth-order valence-electron chi connectivity index (χ4n) is 3.77. The maximum atomic E-state index is 13.0. The summed E-state index contributed by atoms with van der Waals surface area (Å²) in [5.41, 5.74) is 2.71. The van der Waals surface area contributed by atoms with E-state index in [1.807, 2.05) is 30.3 Å². The van der Waals surface area contributed by atoms with E-state index in [1.54, 1.807) is 24.3 Å². The maximum Gasteiger partial charge on any atom is 0.495 e. The number of nitrogens with one attached hydrogen (secondary N) is 4. The molecule has 4 N–H and O–H groups in total. The summed E-state index contributed by atoms with van der Waals surface area (Å²) >= 11 is 0.